The smallest absolute Gasteiger partial charge is 0.339 e. The number of hydrogen-bond donors (Lipinski definition) is 2. The second-order valence-electron chi connectivity index (χ2n) is 3.07. The van der Waals surface area contributed by atoms with Gasteiger partial charge in [-0.1, -0.05) is 17.7 Å². The molecule has 82 valence electrons. The van der Waals surface area contributed by atoms with E-state index in [0.29, 0.717) is 0 Å². The van der Waals surface area contributed by atoms with E-state index >= 15 is 0 Å². The molecule has 2 aromatic rings. The van der Waals surface area contributed by atoms with Gasteiger partial charge in [0.05, 0.1) is 16.9 Å². The van der Waals surface area contributed by atoms with Crippen LogP contribution in [0.5, 0.6) is 0 Å². The first-order chi connectivity index (χ1) is 7.61. The van der Waals surface area contributed by atoms with Gasteiger partial charge in [-0.3, -0.25) is 5.10 Å². The third-order valence-electron chi connectivity index (χ3n) is 2.09. The normalized spacial score (nSPS) is 10.4. The highest BCUT2D eigenvalue weighted by atomic mass is 35.5. The number of nitrogens with zero attached hydrogens (tertiary/aromatic N) is 1. The molecule has 0 aliphatic carbocycles. The first kappa shape index (κ1) is 10.6. The monoisotopic (exact) mass is 240 g/mol. The Bertz CT molecular complexity index is 554. The number of halogens is 2. The first-order valence-electron chi connectivity index (χ1n) is 4.32. The van der Waals surface area contributed by atoms with Crippen LogP contribution in [0.4, 0.5) is 4.39 Å². The Morgan fingerprint density at radius 2 is 2.25 bits per heavy atom. The number of carboxylic acid groups (broad SMARTS) is 1. The predicted molar refractivity (Wildman–Crippen MR) is 56.0 cm³/mol. The summed E-state index contributed by atoms with van der Waals surface area (Å²) >= 11 is 5.61. The summed E-state index contributed by atoms with van der Waals surface area (Å²) in [5.41, 5.74) is 0.0936. The Labute approximate surface area is 94.7 Å². The molecule has 0 bridgehead atoms. The molecule has 0 atom stereocenters. The van der Waals surface area contributed by atoms with Gasteiger partial charge in [-0.15, -0.1) is 0 Å². The van der Waals surface area contributed by atoms with Crippen molar-refractivity contribution in [1.82, 2.24) is 10.2 Å². The highest BCUT2D eigenvalue weighted by Crippen LogP contribution is 2.28. The summed E-state index contributed by atoms with van der Waals surface area (Å²) in [6, 6.07) is 4.35. The number of hydrogen-bond acceptors (Lipinski definition) is 2. The number of aromatic carboxylic acids is 1. The predicted octanol–water partition coefficient (Wildman–Crippen LogP) is 2.57. The lowest BCUT2D eigenvalue weighted by atomic mass is 10.1. The molecule has 0 aliphatic heterocycles. The number of rotatable bonds is 2. The van der Waals surface area contributed by atoms with Gasteiger partial charge in [0, 0.05) is 5.56 Å². The van der Waals surface area contributed by atoms with Crippen LogP contribution in [0.3, 0.4) is 0 Å². The Kier molecular flexibility index (Phi) is 2.62. The largest absolute Gasteiger partial charge is 0.478 e. The lowest BCUT2D eigenvalue weighted by molar-refractivity contribution is 0.0698. The van der Waals surface area contributed by atoms with Crippen molar-refractivity contribution in [3.63, 3.8) is 0 Å². The van der Waals surface area contributed by atoms with Crippen molar-refractivity contribution in [2.45, 2.75) is 0 Å². The van der Waals surface area contributed by atoms with E-state index in [1.165, 1.54) is 18.2 Å². The Hall–Kier alpha value is -1.88. The second kappa shape index (κ2) is 3.94. The molecular weight excluding hydrogens is 235 g/mol. The van der Waals surface area contributed by atoms with Gasteiger partial charge in [0.25, 0.3) is 0 Å². The molecule has 0 radical (unpaired) electrons. The van der Waals surface area contributed by atoms with E-state index < -0.39 is 11.8 Å². The zero-order valence-corrected chi connectivity index (χ0v) is 8.62. The van der Waals surface area contributed by atoms with Gasteiger partial charge >= 0.3 is 5.97 Å². The van der Waals surface area contributed by atoms with Crippen LogP contribution in [0.25, 0.3) is 11.3 Å². The maximum absolute atomic E-state index is 13.6. The summed E-state index contributed by atoms with van der Waals surface area (Å²) in [5, 5.41) is 14.8. The molecule has 0 aliphatic rings. The van der Waals surface area contributed by atoms with Crippen molar-refractivity contribution in [3.05, 3.63) is 40.8 Å². The standard InChI is InChI=1S/C10H6ClFN2O2/c11-7-3-1-2-5(8(7)12)9-6(10(15)16)4-13-14-9/h1-4H,(H,13,14)(H,15,16). The number of H-pyrrole nitrogens is 1. The van der Waals surface area contributed by atoms with Crippen LogP contribution in [0.2, 0.25) is 5.02 Å². The summed E-state index contributed by atoms with van der Waals surface area (Å²) in [4.78, 5) is 10.8. The third-order valence-corrected chi connectivity index (χ3v) is 2.38. The fourth-order valence-corrected chi connectivity index (χ4v) is 1.53. The summed E-state index contributed by atoms with van der Waals surface area (Å²) in [5.74, 6) is -1.85. The van der Waals surface area contributed by atoms with Crippen molar-refractivity contribution in [2.75, 3.05) is 0 Å². The van der Waals surface area contributed by atoms with E-state index in [-0.39, 0.29) is 21.8 Å². The summed E-state index contributed by atoms with van der Waals surface area (Å²) in [6.45, 7) is 0. The minimum Gasteiger partial charge on any atom is -0.478 e. The van der Waals surface area contributed by atoms with Gasteiger partial charge in [-0.2, -0.15) is 5.10 Å². The minimum atomic E-state index is -1.18. The van der Waals surface area contributed by atoms with Gasteiger partial charge in [0.1, 0.15) is 5.56 Å². The molecule has 16 heavy (non-hydrogen) atoms. The van der Waals surface area contributed by atoms with Crippen LogP contribution in [0.1, 0.15) is 10.4 Å². The molecule has 2 rings (SSSR count). The molecule has 0 saturated carbocycles. The van der Waals surface area contributed by atoms with E-state index in [1.807, 2.05) is 0 Å². The van der Waals surface area contributed by atoms with E-state index in [0.717, 1.165) is 6.20 Å². The molecule has 4 nitrogen and oxygen atoms in total. The van der Waals surface area contributed by atoms with Crippen LogP contribution in [0.15, 0.2) is 24.4 Å². The minimum absolute atomic E-state index is 0.0663. The number of benzene rings is 1. The average molecular weight is 241 g/mol. The molecule has 1 heterocycles. The van der Waals surface area contributed by atoms with Gasteiger partial charge < -0.3 is 5.11 Å². The van der Waals surface area contributed by atoms with Crippen LogP contribution in [-0.4, -0.2) is 21.3 Å². The van der Waals surface area contributed by atoms with Gasteiger partial charge in [0.15, 0.2) is 5.82 Å². The average Bonchev–Trinajstić information content (AvgIpc) is 2.70. The molecular formula is C10H6ClFN2O2. The fourth-order valence-electron chi connectivity index (χ4n) is 1.35. The first-order valence-corrected chi connectivity index (χ1v) is 4.70. The quantitative estimate of drug-likeness (QED) is 0.848. The topological polar surface area (TPSA) is 66.0 Å². The number of aromatic amines is 1. The van der Waals surface area contributed by atoms with Crippen molar-refractivity contribution in [2.24, 2.45) is 0 Å². The Balaban J connectivity index is 2.63. The van der Waals surface area contributed by atoms with Crippen LogP contribution < -0.4 is 0 Å². The lowest BCUT2D eigenvalue weighted by Crippen LogP contribution is -1.98. The third kappa shape index (κ3) is 1.65. The molecule has 2 N–H and O–H groups in total. The number of carbonyl (C=O) groups is 1. The van der Waals surface area contributed by atoms with E-state index in [2.05, 4.69) is 10.2 Å². The molecule has 0 spiro atoms. The van der Waals surface area contributed by atoms with Crippen molar-refractivity contribution < 1.29 is 14.3 Å². The van der Waals surface area contributed by atoms with Gasteiger partial charge in [0.2, 0.25) is 0 Å². The molecule has 6 heteroatoms. The van der Waals surface area contributed by atoms with Crippen molar-refractivity contribution >= 4 is 17.6 Å². The second-order valence-corrected chi connectivity index (χ2v) is 3.47. The molecule has 0 saturated heterocycles. The van der Waals surface area contributed by atoms with Crippen LogP contribution in [0, 0.1) is 5.82 Å². The van der Waals surface area contributed by atoms with Crippen LogP contribution in [-0.2, 0) is 0 Å². The van der Waals surface area contributed by atoms with Crippen LogP contribution >= 0.6 is 11.6 Å². The lowest BCUT2D eigenvalue weighted by Gasteiger charge is -2.02. The summed E-state index contributed by atoms with van der Waals surface area (Å²) in [7, 11) is 0. The maximum Gasteiger partial charge on any atom is 0.339 e. The van der Waals surface area contributed by atoms with E-state index in [4.69, 9.17) is 16.7 Å². The van der Waals surface area contributed by atoms with Gasteiger partial charge in [-0.25, -0.2) is 9.18 Å². The molecule has 0 unspecified atom stereocenters. The zero-order chi connectivity index (χ0) is 11.7. The summed E-state index contributed by atoms with van der Waals surface area (Å²) in [6.07, 6.45) is 1.12. The molecule has 1 aromatic heterocycles. The fraction of sp³-hybridized carbons (Fsp3) is 0. The number of carboxylic acids is 1. The molecule has 1 aromatic carbocycles. The highest BCUT2D eigenvalue weighted by molar-refractivity contribution is 6.31. The van der Waals surface area contributed by atoms with Gasteiger partial charge in [-0.05, 0) is 12.1 Å². The summed E-state index contributed by atoms with van der Waals surface area (Å²) < 4.78 is 13.6. The number of nitrogens with one attached hydrogen (secondary N) is 1. The SMILES string of the molecule is O=C(O)c1cn[nH]c1-c1cccc(Cl)c1F. The van der Waals surface area contributed by atoms with E-state index in [1.54, 1.807) is 0 Å². The Morgan fingerprint density at radius 3 is 2.94 bits per heavy atom. The Morgan fingerprint density at radius 1 is 1.50 bits per heavy atom. The maximum atomic E-state index is 13.6. The van der Waals surface area contributed by atoms with E-state index in [9.17, 15) is 9.18 Å². The molecule has 0 fully saturated rings. The molecule has 0 amide bonds. The van der Waals surface area contributed by atoms with Crippen molar-refractivity contribution in [1.29, 1.82) is 0 Å². The highest BCUT2D eigenvalue weighted by Gasteiger charge is 2.17. The zero-order valence-electron chi connectivity index (χ0n) is 7.87. The van der Waals surface area contributed by atoms with Crippen molar-refractivity contribution in [3.8, 4) is 11.3 Å². The number of aromatic nitrogens is 2.